The van der Waals surface area contributed by atoms with Gasteiger partial charge in [-0.2, -0.15) is 0 Å². The van der Waals surface area contributed by atoms with Crippen LogP contribution in [0.1, 0.15) is 286 Å². The first kappa shape index (κ1) is 135. The van der Waals surface area contributed by atoms with E-state index in [1.165, 1.54) is 105 Å². The lowest BCUT2D eigenvalue weighted by Crippen LogP contribution is -2.53. The van der Waals surface area contributed by atoms with Gasteiger partial charge in [-0.05, 0) is 197 Å². The summed E-state index contributed by atoms with van der Waals surface area (Å²) in [6.07, 6.45) is 21.7. The summed E-state index contributed by atoms with van der Waals surface area (Å²) in [5.74, 6) is -1.74. The molecule has 0 N–H and O–H groups in total. The monoisotopic (exact) mass is 1900 g/mol. The molecule has 0 bridgehead atoms. The van der Waals surface area contributed by atoms with Crippen molar-refractivity contribution in [1.29, 1.82) is 0 Å². The normalized spacial score (nSPS) is 12.9. The molecule has 4 rings (SSSR count). The van der Waals surface area contributed by atoms with Crippen molar-refractivity contribution in [2.45, 2.75) is 269 Å². The number of rotatable bonds is 56. The van der Waals surface area contributed by atoms with Crippen molar-refractivity contribution in [3.8, 4) is 0 Å². The van der Waals surface area contributed by atoms with Gasteiger partial charge in [0, 0.05) is 64.9 Å². The molecule has 134 heavy (non-hydrogen) atoms. The van der Waals surface area contributed by atoms with Crippen LogP contribution in [0.15, 0.2) is 104 Å². The zero-order chi connectivity index (χ0) is 103. The Hall–Kier alpha value is -7.96. The number of unbranched alkanes of at least 4 members (excludes halogenated alkanes) is 2. The topological polar surface area (TPSA) is 249 Å². The third-order valence-electron chi connectivity index (χ3n) is 24.2. The zero-order valence-corrected chi connectivity index (χ0v) is 91.2. The fraction of sp³-hybridized carbons (Fsp3) is 0.726. The minimum Gasteiger partial charge on any atom is -0.457 e. The molecule has 0 saturated carbocycles. The van der Waals surface area contributed by atoms with E-state index >= 15 is 0 Å². The van der Waals surface area contributed by atoms with Gasteiger partial charge < -0.3 is 73.8 Å². The lowest BCUT2D eigenvalue weighted by molar-refractivity contribution is -0.929. The van der Waals surface area contributed by atoms with Crippen LogP contribution >= 0.6 is 0 Å². The molecule has 4 aromatic rings. The third-order valence-corrected chi connectivity index (χ3v) is 24.2. The van der Waals surface area contributed by atoms with E-state index in [1.807, 2.05) is 45.9 Å². The predicted molar refractivity (Wildman–Crippen MR) is 545 cm³/mol. The molecule has 3 heterocycles. The fourth-order valence-electron chi connectivity index (χ4n) is 16.6. The number of ether oxygens (including phenoxy) is 8. The lowest BCUT2D eigenvalue weighted by atomic mass is 10.2. The smallest absolute Gasteiger partial charge is 0.338 e. The number of quaternary nitrogens is 8. The molecule has 0 aliphatic rings. The van der Waals surface area contributed by atoms with E-state index < -0.39 is 0 Å². The van der Waals surface area contributed by atoms with Crippen LogP contribution in [0.25, 0.3) is 0 Å². The second-order valence-electron chi connectivity index (χ2n) is 37.2. The van der Waals surface area contributed by atoms with Crippen LogP contribution in [0.3, 0.4) is 0 Å². The van der Waals surface area contributed by atoms with Gasteiger partial charge in [0.05, 0.1) is 190 Å². The number of esters is 8. The minimum absolute atomic E-state index is 0.00694. The molecule has 0 fully saturated rings. The molecule has 6 unspecified atom stereocenters. The first-order chi connectivity index (χ1) is 63.3. The molecular formula is C106H200FN11O16+8. The van der Waals surface area contributed by atoms with Gasteiger partial charge >= 0.3 is 47.8 Å². The van der Waals surface area contributed by atoms with Crippen molar-refractivity contribution in [2.75, 3.05) is 246 Å². The molecular weight excluding hydrogens is 1700 g/mol. The largest absolute Gasteiger partial charge is 0.457 e. The van der Waals surface area contributed by atoms with Gasteiger partial charge in [0.15, 0.2) is 0 Å². The van der Waals surface area contributed by atoms with Gasteiger partial charge in [0.2, 0.25) is 0 Å². The Morgan fingerprint density at radius 3 is 0.716 bits per heavy atom. The molecule has 6 atom stereocenters. The first-order valence-corrected chi connectivity index (χ1v) is 50.5. The lowest BCUT2D eigenvalue weighted by Gasteiger charge is -2.39. The van der Waals surface area contributed by atoms with Crippen molar-refractivity contribution >= 4 is 47.8 Å². The highest BCUT2D eigenvalue weighted by atomic mass is 19.1. The van der Waals surface area contributed by atoms with Crippen LogP contribution in [0.4, 0.5) is 4.39 Å². The summed E-state index contributed by atoms with van der Waals surface area (Å²) >= 11 is 0. The fourth-order valence-corrected chi connectivity index (χ4v) is 16.6. The van der Waals surface area contributed by atoms with E-state index in [0.717, 1.165) is 193 Å². The number of carbonyl (C=O) groups excluding carboxylic acids is 8. The average molecular weight is 1900 g/mol. The predicted octanol–water partition coefficient (Wildman–Crippen LogP) is 18.5. The van der Waals surface area contributed by atoms with Crippen molar-refractivity contribution in [3.05, 3.63) is 126 Å². The Labute approximate surface area is 815 Å². The second kappa shape index (κ2) is 79.0. The van der Waals surface area contributed by atoms with E-state index in [2.05, 4.69) is 182 Å². The molecule has 0 amide bonds. The minimum atomic E-state index is -0.265. The zero-order valence-electron chi connectivity index (χ0n) is 91.2. The molecule has 0 spiro atoms. The van der Waals surface area contributed by atoms with Crippen LogP contribution in [0, 0.1) is 0 Å². The Kier molecular flexibility index (Phi) is 79.3. The van der Waals surface area contributed by atoms with Crippen LogP contribution < -0.4 is 0 Å². The molecule has 0 aliphatic carbocycles. The summed E-state index contributed by atoms with van der Waals surface area (Å²) in [5, 5.41) is 0. The van der Waals surface area contributed by atoms with Crippen LogP contribution in [-0.2, 0) is 57.1 Å². The van der Waals surface area contributed by atoms with E-state index in [1.54, 1.807) is 85.7 Å². The van der Waals surface area contributed by atoms with Crippen LogP contribution in [-0.4, -0.2) is 369 Å². The van der Waals surface area contributed by atoms with Crippen molar-refractivity contribution in [3.63, 3.8) is 0 Å². The summed E-state index contributed by atoms with van der Waals surface area (Å²) in [7, 11) is 12.9. The molecule has 774 valence electrons. The van der Waals surface area contributed by atoms with Crippen LogP contribution in [0.2, 0.25) is 0 Å². The SMILES string of the molecule is CC(=O)OC(C)C[N+](C)(C)C.CCCC[N+](CC)(CCC)CC(C)OC(C)=O.CCCC[N+](CC)(CCC)CCOC(=O)c1ccncc1.CCC[N+](CC)(CCC)CC(C)OC(C)=O.CCC[N+](CC)(CCC)CCOC(=O)c1ccncc1.CC[N+](CC)(CC)CC(C)OC(C)=O.CC[N+](CC)(CC)CCOC(=O)c1ccncc1.CF.C[N+](C)(C)CCOC(=O)c1ccccc1. The summed E-state index contributed by atoms with van der Waals surface area (Å²) in [6, 6.07) is 19.1. The number of halogens is 1. The molecule has 1 aromatic carbocycles. The van der Waals surface area contributed by atoms with Crippen molar-refractivity contribution in [2.24, 2.45) is 0 Å². The Morgan fingerprint density at radius 1 is 0.261 bits per heavy atom. The molecule has 0 saturated heterocycles. The number of hydrogen-bond donors (Lipinski definition) is 0. The summed E-state index contributed by atoms with van der Waals surface area (Å²) in [4.78, 5) is 102. The van der Waals surface area contributed by atoms with Gasteiger partial charge in [-0.3, -0.25) is 38.5 Å². The van der Waals surface area contributed by atoms with Crippen molar-refractivity contribution in [1.82, 2.24) is 15.0 Å². The van der Waals surface area contributed by atoms with Gasteiger partial charge in [-0.1, -0.05) is 86.4 Å². The van der Waals surface area contributed by atoms with Gasteiger partial charge in [0.1, 0.15) is 103 Å². The summed E-state index contributed by atoms with van der Waals surface area (Å²) < 4.78 is 59.3. The quantitative estimate of drug-likeness (QED) is 0.0226. The summed E-state index contributed by atoms with van der Waals surface area (Å²) in [6.45, 7) is 82.9. The molecule has 3 aromatic heterocycles. The number of pyridine rings is 3. The highest BCUT2D eigenvalue weighted by Gasteiger charge is 2.32. The van der Waals surface area contributed by atoms with E-state index in [0.29, 0.717) is 55.9 Å². The standard InChI is InChI=1S/C17H29N2O2.C16H27N2O2.C14H23N2O2.C14H30NO2.C13H28NO2.C12H18NO2.C11H24NO2.C8H18NO2.CH3F/c1-4-7-13-19(6-3,12-5-2)14-15-21-17(20)16-8-10-18-11-9-16;1-4-11-18(6-3,12-5-2)13-14-20-16(19)15-7-9-17-10-8-15;1-4-16(5-2,6-3)11-12-18-14(17)13-7-9-15-10-8-13;1-6-9-11-15(8-3,10-7-2)12-13(4)17-14(5)16;1-6-9-14(8-3,10-7-2)11-12(4)16-13(5)15;1-13(2,3)9-10-15-12(14)11-7-5-4-6-8-11;1-6-12(7-2,8-3)9-10(4)14-11(5)13;1-7(11-8(2)10)6-9(3,4)5;1-2/h8-11H,4-7,12-15H2,1-3H3;7-10H,4-6,11-14H2,1-3H3;7-10H,4-6,11-12H2,1-3H3;13H,6-12H2,1-5H3;12H,6-11H2,1-5H3;4-8H,9-10H2,1-3H3;10H,6-9H2,1-5H3;7H,6H2,1-5H3;1H3/q8*+1;. The maximum absolute atomic E-state index is 11.9. The maximum atomic E-state index is 11.9. The number of carbonyl (C=O) groups is 8. The number of alkyl halides is 1. The van der Waals surface area contributed by atoms with E-state index in [4.69, 9.17) is 37.9 Å². The highest BCUT2D eigenvalue weighted by molar-refractivity contribution is 5.90. The van der Waals surface area contributed by atoms with Crippen molar-refractivity contribution < 1.29 is 117 Å². The first-order valence-electron chi connectivity index (χ1n) is 50.5. The summed E-state index contributed by atoms with van der Waals surface area (Å²) in [5.41, 5.74) is 2.32. The van der Waals surface area contributed by atoms with Gasteiger partial charge in [0.25, 0.3) is 0 Å². The van der Waals surface area contributed by atoms with Crippen LogP contribution in [0.5, 0.6) is 0 Å². The molecule has 0 aliphatic heterocycles. The number of likely N-dealkylation sites (N-methyl/N-ethyl adjacent to an activating group) is 8. The second-order valence-corrected chi connectivity index (χ2v) is 37.2. The number of nitrogens with zero attached hydrogens (tertiary/aromatic N) is 11. The van der Waals surface area contributed by atoms with E-state index in [-0.39, 0.29) is 72.2 Å². The Bertz CT molecular complexity index is 3550. The Balaban J connectivity index is -0.000000475. The molecule has 28 heteroatoms. The molecule has 0 radical (unpaired) electrons. The average Bonchev–Trinajstić information content (AvgIpc) is 0.866. The maximum Gasteiger partial charge on any atom is 0.338 e. The number of benzene rings is 1. The number of aromatic nitrogens is 3. The van der Waals surface area contributed by atoms with Gasteiger partial charge in [-0.15, -0.1) is 0 Å². The number of hydrogen-bond acceptors (Lipinski definition) is 19. The third kappa shape index (κ3) is 66.5. The van der Waals surface area contributed by atoms with Gasteiger partial charge in [-0.25, -0.2) is 19.2 Å². The Morgan fingerprint density at radius 2 is 0.478 bits per heavy atom. The van der Waals surface area contributed by atoms with E-state index in [9.17, 15) is 42.7 Å². The molecule has 27 nitrogen and oxygen atoms in total. The highest BCUT2D eigenvalue weighted by Crippen LogP contribution is 2.19.